The third-order valence-electron chi connectivity index (χ3n) is 6.01. The zero-order chi connectivity index (χ0) is 37.3. The number of carbonyl (C=O) groups excluding carboxylic acids is 2. The van der Waals surface area contributed by atoms with Crippen LogP contribution in [-0.2, 0) is 20.7 Å². The molecule has 0 unspecified atom stereocenters. The number of carbonyl (C=O) groups is 3. The van der Waals surface area contributed by atoms with Crippen LogP contribution in [0.15, 0.2) is 105 Å². The Morgan fingerprint density at radius 2 is 1.20 bits per heavy atom. The number of aromatic nitrogens is 2. The van der Waals surface area contributed by atoms with Crippen molar-refractivity contribution in [2.24, 2.45) is 26.4 Å². The number of nitrogen functional groups attached to an aromatic ring is 3. The van der Waals surface area contributed by atoms with Crippen LogP contribution in [0.2, 0.25) is 0 Å². The molecule has 1 atom stereocenters. The number of Topliss-reactive ketones (excluding diaryl/α,β-unsaturated/α-hetero) is 1. The average Bonchev–Trinajstić information content (AvgIpc) is 3.04. The summed E-state index contributed by atoms with van der Waals surface area (Å²) in [6.45, 7) is 10.1. The van der Waals surface area contributed by atoms with Crippen molar-refractivity contribution in [3.05, 3.63) is 90.6 Å². The molecule has 0 aliphatic heterocycles. The maximum absolute atomic E-state index is 12.3. The molecule has 2 aromatic heterocycles. The molecule has 0 bridgehead atoms. The van der Waals surface area contributed by atoms with E-state index < -0.39 is 23.7 Å². The molecule has 2 heterocycles. The van der Waals surface area contributed by atoms with Crippen LogP contribution < -0.4 is 22.5 Å². The van der Waals surface area contributed by atoms with Gasteiger partial charge in [-0.2, -0.15) is 10.2 Å². The number of azo groups is 2. The quantitative estimate of drug-likeness (QED) is 0.109. The third-order valence-corrected chi connectivity index (χ3v) is 6.01. The molecule has 2 aromatic carbocycles. The van der Waals surface area contributed by atoms with Crippen molar-refractivity contribution in [2.75, 3.05) is 17.2 Å². The molecule has 8 N–H and O–H groups in total. The summed E-state index contributed by atoms with van der Waals surface area (Å²) in [7, 11) is 0. The summed E-state index contributed by atoms with van der Waals surface area (Å²) in [5, 5.41) is 26.7. The summed E-state index contributed by atoms with van der Waals surface area (Å²) in [6.07, 6.45) is -0.616. The summed E-state index contributed by atoms with van der Waals surface area (Å²) in [6, 6.07) is 24.6. The van der Waals surface area contributed by atoms with E-state index in [4.69, 9.17) is 27.0 Å². The van der Waals surface area contributed by atoms with E-state index >= 15 is 0 Å². The van der Waals surface area contributed by atoms with Gasteiger partial charge in [-0.05, 0) is 76.2 Å². The predicted octanol–water partition coefficient (Wildman–Crippen LogP) is 7.49. The summed E-state index contributed by atoms with van der Waals surface area (Å²) >= 11 is 0. The third kappa shape index (κ3) is 15.6. The highest BCUT2D eigenvalue weighted by Gasteiger charge is 2.21. The Bertz CT molecular complexity index is 1760. The minimum Gasteiger partial charge on any atom is -0.481 e. The number of aliphatic carboxylic acids is 1. The Morgan fingerprint density at radius 1 is 0.740 bits per heavy atom. The summed E-state index contributed by atoms with van der Waals surface area (Å²) < 4.78 is 5.15. The number of rotatable bonds is 9. The van der Waals surface area contributed by atoms with Crippen molar-refractivity contribution in [1.29, 1.82) is 0 Å². The summed E-state index contributed by atoms with van der Waals surface area (Å²) in [5.74, 6) is -0.356. The number of nitrogens with one attached hydrogen (secondary N) is 1. The molecule has 0 aliphatic carbocycles. The van der Waals surface area contributed by atoms with Gasteiger partial charge in [0.15, 0.2) is 17.4 Å². The second-order valence-corrected chi connectivity index (χ2v) is 11.9. The fourth-order valence-electron chi connectivity index (χ4n) is 3.37. The van der Waals surface area contributed by atoms with Gasteiger partial charge in [0.25, 0.3) is 0 Å². The lowest BCUT2D eigenvalue weighted by molar-refractivity contribution is -0.140. The Labute approximate surface area is 291 Å². The van der Waals surface area contributed by atoms with Gasteiger partial charge in [0.05, 0.1) is 35.4 Å². The monoisotopic (exact) mass is 684 g/mol. The van der Waals surface area contributed by atoms with Crippen molar-refractivity contribution >= 4 is 58.0 Å². The number of nitrogens with two attached hydrogens (primary N) is 3. The number of amides is 1. The number of benzene rings is 2. The molecule has 264 valence electrons. The van der Waals surface area contributed by atoms with Gasteiger partial charge in [-0.1, -0.05) is 50.2 Å². The molecule has 4 rings (SSSR count). The van der Waals surface area contributed by atoms with Crippen LogP contribution >= 0.6 is 0 Å². The number of ether oxygens (including phenoxy) is 1. The van der Waals surface area contributed by atoms with Gasteiger partial charge >= 0.3 is 12.1 Å². The van der Waals surface area contributed by atoms with Crippen LogP contribution in [0, 0.1) is 5.92 Å². The van der Waals surface area contributed by atoms with E-state index in [2.05, 4.69) is 35.7 Å². The summed E-state index contributed by atoms with van der Waals surface area (Å²) in [5.41, 5.74) is 19.3. The fraction of sp³-hybridized carbons (Fsp3) is 0.286. The first-order valence-corrected chi connectivity index (χ1v) is 15.5. The van der Waals surface area contributed by atoms with Crippen molar-refractivity contribution in [1.82, 2.24) is 15.3 Å². The lowest BCUT2D eigenvalue weighted by Gasteiger charge is -2.21. The number of anilines is 3. The average molecular weight is 685 g/mol. The molecule has 0 aliphatic rings. The topological polar surface area (TPSA) is 246 Å². The molecule has 0 fully saturated rings. The van der Waals surface area contributed by atoms with Crippen LogP contribution in [0.5, 0.6) is 0 Å². The standard InChI is InChI=1S/C20H25N5O3.C11H11N5.C4H8O2/c1-13(22-19(27)28-20(2,3)4)17(26)12-15-10-11-16(18(21)23-15)25-24-14-8-6-5-7-9-14;12-10-7-6-9(11(13)14-10)16-15-8-4-2-1-3-5-8;1-3(2)4(5)6/h5-11,13H,12H2,1-4H3,(H2,21,23)(H,22,27);1-7H,(H4,12,13,14);3H,1-2H3,(H,5,6)/t13-;;/m0../s1. The number of nitrogens with zero attached hydrogens (tertiary/aromatic N) is 6. The Kier molecular flexibility index (Phi) is 15.6. The molecule has 0 radical (unpaired) electrons. The van der Waals surface area contributed by atoms with E-state index in [9.17, 15) is 14.4 Å². The molecule has 1 amide bonds. The maximum atomic E-state index is 12.3. The number of hydrogen-bond acceptors (Lipinski definition) is 13. The van der Waals surface area contributed by atoms with Crippen molar-refractivity contribution in [2.45, 2.75) is 59.6 Å². The largest absolute Gasteiger partial charge is 0.481 e. The van der Waals surface area contributed by atoms with Crippen LogP contribution in [0.25, 0.3) is 0 Å². The fourth-order valence-corrected chi connectivity index (χ4v) is 3.37. The molecule has 0 saturated heterocycles. The normalized spacial score (nSPS) is 11.6. The van der Waals surface area contributed by atoms with Gasteiger partial charge < -0.3 is 32.4 Å². The van der Waals surface area contributed by atoms with Gasteiger partial charge in [0.1, 0.15) is 22.8 Å². The Morgan fingerprint density at radius 3 is 1.62 bits per heavy atom. The lowest BCUT2D eigenvalue weighted by Crippen LogP contribution is -2.42. The molecule has 0 saturated carbocycles. The second kappa shape index (κ2) is 19.5. The maximum Gasteiger partial charge on any atom is 0.408 e. The zero-order valence-electron chi connectivity index (χ0n) is 28.9. The van der Waals surface area contributed by atoms with E-state index in [1.54, 1.807) is 65.8 Å². The molecular formula is C35H44N10O5. The first kappa shape index (κ1) is 39.9. The van der Waals surface area contributed by atoms with Crippen LogP contribution in [0.1, 0.15) is 47.2 Å². The highest BCUT2D eigenvalue weighted by atomic mass is 16.6. The Hall–Kier alpha value is -6.25. The van der Waals surface area contributed by atoms with Crippen LogP contribution in [0.3, 0.4) is 0 Å². The van der Waals surface area contributed by atoms with Gasteiger partial charge in [-0.3, -0.25) is 9.59 Å². The summed E-state index contributed by atoms with van der Waals surface area (Å²) in [4.78, 5) is 41.9. The van der Waals surface area contributed by atoms with Gasteiger partial charge in [-0.25, -0.2) is 14.8 Å². The highest BCUT2D eigenvalue weighted by molar-refractivity contribution is 5.88. The van der Waals surface area contributed by atoms with E-state index in [0.29, 0.717) is 28.6 Å². The first-order chi connectivity index (χ1) is 23.5. The van der Waals surface area contributed by atoms with Crippen molar-refractivity contribution in [3.63, 3.8) is 0 Å². The van der Waals surface area contributed by atoms with Gasteiger partial charge in [0.2, 0.25) is 0 Å². The van der Waals surface area contributed by atoms with E-state index in [-0.39, 0.29) is 29.8 Å². The molecule has 4 aromatic rings. The van der Waals surface area contributed by atoms with Gasteiger partial charge in [0, 0.05) is 0 Å². The van der Waals surface area contributed by atoms with E-state index in [0.717, 1.165) is 5.69 Å². The first-order valence-electron chi connectivity index (χ1n) is 15.5. The van der Waals surface area contributed by atoms with Crippen molar-refractivity contribution in [3.8, 4) is 0 Å². The molecule has 50 heavy (non-hydrogen) atoms. The number of ketones is 1. The van der Waals surface area contributed by atoms with E-state index in [1.807, 2.05) is 60.7 Å². The minimum atomic E-state index is -0.741. The van der Waals surface area contributed by atoms with Crippen LogP contribution in [0.4, 0.5) is 45.0 Å². The minimum absolute atomic E-state index is 0.0251. The number of carboxylic acids is 1. The Balaban J connectivity index is 0.000000328. The zero-order valence-corrected chi connectivity index (χ0v) is 28.9. The van der Waals surface area contributed by atoms with Crippen molar-refractivity contribution < 1.29 is 24.2 Å². The van der Waals surface area contributed by atoms with Crippen LogP contribution in [-0.4, -0.2) is 44.6 Å². The number of alkyl carbamates (subject to hydrolysis) is 1. The smallest absolute Gasteiger partial charge is 0.408 e. The molecule has 15 nitrogen and oxygen atoms in total. The van der Waals surface area contributed by atoms with E-state index in [1.165, 1.54) is 0 Å². The molecule has 0 spiro atoms. The molecule has 15 heteroatoms. The SMILES string of the molecule is CC(C)C(=O)O.C[C@H](NC(=O)OC(C)(C)C)C(=O)Cc1ccc(N=Nc2ccccc2)c(N)n1.Nc1ccc(N=Nc2ccccc2)c(N)n1. The molecular weight excluding hydrogens is 640 g/mol. The van der Waals surface area contributed by atoms with Gasteiger partial charge in [-0.15, -0.1) is 10.2 Å². The second-order valence-electron chi connectivity index (χ2n) is 11.9. The number of carboxylic acid groups (broad SMARTS) is 1. The number of hydrogen-bond donors (Lipinski definition) is 5. The highest BCUT2D eigenvalue weighted by Crippen LogP contribution is 2.24. The number of pyridine rings is 2. The predicted molar refractivity (Wildman–Crippen MR) is 193 cm³/mol. The lowest BCUT2D eigenvalue weighted by atomic mass is 10.1.